The molecule has 1 nitrogen and oxygen atoms in total. The minimum Gasteiger partial charge on any atom is -0.392 e. The minimum atomic E-state index is -0.425. The molecule has 16 heavy (non-hydrogen) atoms. The molecule has 0 heterocycles. The molecule has 0 radical (unpaired) electrons. The number of hydrogen-bond acceptors (Lipinski definition) is 1. The van der Waals surface area contributed by atoms with E-state index in [4.69, 9.17) is 0 Å². The van der Waals surface area contributed by atoms with Crippen LogP contribution >= 0.6 is 15.9 Å². The molecule has 1 aromatic carbocycles. The smallest absolute Gasteiger partial charge is 0.127 e. The molecule has 0 amide bonds. The van der Waals surface area contributed by atoms with Crippen molar-refractivity contribution in [3.63, 3.8) is 0 Å². The first-order valence-corrected chi connectivity index (χ1v) is 6.31. The SMILES string of the molecule is CC1(C)CC1C(O)Cc1ccc(Br)cc1F. The van der Waals surface area contributed by atoms with Gasteiger partial charge in [0.05, 0.1) is 6.10 Å². The maximum absolute atomic E-state index is 13.5. The van der Waals surface area contributed by atoms with Gasteiger partial charge < -0.3 is 5.11 Å². The van der Waals surface area contributed by atoms with E-state index in [-0.39, 0.29) is 11.2 Å². The van der Waals surface area contributed by atoms with Gasteiger partial charge in [-0.15, -0.1) is 0 Å². The van der Waals surface area contributed by atoms with E-state index >= 15 is 0 Å². The fourth-order valence-corrected chi connectivity index (χ4v) is 2.55. The van der Waals surface area contributed by atoms with Crippen LogP contribution in [-0.4, -0.2) is 11.2 Å². The van der Waals surface area contributed by atoms with Crippen molar-refractivity contribution in [2.75, 3.05) is 0 Å². The molecule has 88 valence electrons. The Morgan fingerprint density at radius 2 is 2.19 bits per heavy atom. The van der Waals surface area contributed by atoms with Crippen LogP contribution in [0, 0.1) is 17.2 Å². The standard InChI is InChI=1S/C13H16BrFO/c1-13(2)7-10(13)12(16)5-8-3-4-9(14)6-11(8)15/h3-4,6,10,12,16H,5,7H2,1-2H3. The zero-order chi connectivity index (χ0) is 11.9. The molecule has 2 rings (SSSR count). The van der Waals surface area contributed by atoms with Crippen LogP contribution in [0.2, 0.25) is 0 Å². The van der Waals surface area contributed by atoms with E-state index in [2.05, 4.69) is 29.8 Å². The van der Waals surface area contributed by atoms with Crippen LogP contribution in [-0.2, 0) is 6.42 Å². The predicted molar refractivity (Wildman–Crippen MR) is 65.7 cm³/mol. The molecular weight excluding hydrogens is 271 g/mol. The molecule has 2 atom stereocenters. The summed E-state index contributed by atoms with van der Waals surface area (Å²) < 4.78 is 14.3. The van der Waals surface area contributed by atoms with E-state index in [0.717, 1.165) is 10.9 Å². The quantitative estimate of drug-likeness (QED) is 0.901. The van der Waals surface area contributed by atoms with Gasteiger partial charge in [-0.05, 0) is 35.4 Å². The molecule has 0 bridgehead atoms. The van der Waals surface area contributed by atoms with Crippen molar-refractivity contribution in [2.45, 2.75) is 32.8 Å². The van der Waals surface area contributed by atoms with Crippen LogP contribution in [0.5, 0.6) is 0 Å². The molecular formula is C13H16BrFO. The summed E-state index contributed by atoms with van der Waals surface area (Å²) in [5.74, 6) is 0.0717. The summed E-state index contributed by atoms with van der Waals surface area (Å²) in [6.07, 6.45) is 1.02. The van der Waals surface area contributed by atoms with E-state index < -0.39 is 6.10 Å². The van der Waals surface area contributed by atoms with Gasteiger partial charge in [0.1, 0.15) is 5.82 Å². The fraction of sp³-hybridized carbons (Fsp3) is 0.538. The second-order valence-electron chi connectivity index (χ2n) is 5.31. The lowest BCUT2D eigenvalue weighted by Crippen LogP contribution is -2.17. The van der Waals surface area contributed by atoms with Crippen LogP contribution in [0.25, 0.3) is 0 Å². The highest BCUT2D eigenvalue weighted by molar-refractivity contribution is 9.10. The van der Waals surface area contributed by atoms with Gasteiger partial charge in [0.25, 0.3) is 0 Å². The summed E-state index contributed by atoms with van der Waals surface area (Å²) in [6, 6.07) is 4.99. The molecule has 0 aliphatic heterocycles. The van der Waals surface area contributed by atoms with E-state index in [0.29, 0.717) is 17.9 Å². The number of aliphatic hydroxyl groups excluding tert-OH is 1. The number of benzene rings is 1. The van der Waals surface area contributed by atoms with Gasteiger partial charge >= 0.3 is 0 Å². The highest BCUT2D eigenvalue weighted by Gasteiger charge is 2.49. The zero-order valence-electron chi connectivity index (χ0n) is 9.50. The van der Waals surface area contributed by atoms with Crippen molar-refractivity contribution >= 4 is 15.9 Å². The van der Waals surface area contributed by atoms with Crippen LogP contribution in [0.3, 0.4) is 0 Å². The molecule has 1 saturated carbocycles. The summed E-state index contributed by atoms with van der Waals surface area (Å²) in [4.78, 5) is 0. The van der Waals surface area contributed by atoms with Crippen LogP contribution in [0.1, 0.15) is 25.8 Å². The Morgan fingerprint density at radius 1 is 1.56 bits per heavy atom. The van der Waals surface area contributed by atoms with Crippen LogP contribution < -0.4 is 0 Å². The maximum atomic E-state index is 13.5. The Morgan fingerprint density at radius 3 is 2.69 bits per heavy atom. The lowest BCUT2D eigenvalue weighted by molar-refractivity contribution is 0.136. The fourth-order valence-electron chi connectivity index (χ4n) is 2.22. The van der Waals surface area contributed by atoms with Gasteiger partial charge in [0, 0.05) is 10.9 Å². The number of halogens is 2. The molecule has 1 aliphatic rings. The minimum absolute atomic E-state index is 0.227. The highest BCUT2D eigenvalue weighted by Crippen LogP contribution is 2.54. The second kappa shape index (κ2) is 4.11. The van der Waals surface area contributed by atoms with Crippen LogP contribution in [0.4, 0.5) is 4.39 Å². The first-order chi connectivity index (χ1) is 7.40. The summed E-state index contributed by atoms with van der Waals surface area (Å²) in [5, 5.41) is 9.99. The third-order valence-corrected chi connectivity index (χ3v) is 3.99. The first-order valence-electron chi connectivity index (χ1n) is 5.52. The Kier molecular flexibility index (Phi) is 3.10. The summed E-state index contributed by atoms with van der Waals surface area (Å²) in [7, 11) is 0. The van der Waals surface area contributed by atoms with Crippen molar-refractivity contribution in [1.82, 2.24) is 0 Å². The Labute approximate surface area is 104 Å². The summed E-state index contributed by atoms with van der Waals surface area (Å²) in [6.45, 7) is 4.28. The summed E-state index contributed by atoms with van der Waals surface area (Å²) >= 11 is 3.22. The molecule has 0 saturated heterocycles. The molecule has 1 aromatic rings. The van der Waals surface area contributed by atoms with E-state index in [1.54, 1.807) is 6.07 Å². The molecule has 1 N–H and O–H groups in total. The molecule has 1 aliphatic carbocycles. The number of rotatable bonds is 3. The third-order valence-electron chi connectivity index (χ3n) is 3.50. The Balaban J connectivity index is 2.04. The molecule has 0 spiro atoms. The third kappa shape index (κ3) is 2.46. The van der Waals surface area contributed by atoms with E-state index in [1.165, 1.54) is 6.07 Å². The topological polar surface area (TPSA) is 20.2 Å². The molecule has 0 aromatic heterocycles. The van der Waals surface area contributed by atoms with Gasteiger partial charge in [0.15, 0.2) is 0 Å². The van der Waals surface area contributed by atoms with Gasteiger partial charge in [-0.3, -0.25) is 0 Å². The molecule has 1 fully saturated rings. The Hall–Kier alpha value is -0.410. The first kappa shape index (κ1) is 12.1. The average Bonchev–Trinajstić information content (AvgIpc) is 2.80. The second-order valence-corrected chi connectivity index (χ2v) is 6.22. The number of hydrogen-bond donors (Lipinski definition) is 1. The molecule has 2 unspecified atom stereocenters. The molecule has 3 heteroatoms. The van der Waals surface area contributed by atoms with Gasteiger partial charge in [0.2, 0.25) is 0 Å². The maximum Gasteiger partial charge on any atom is 0.127 e. The van der Waals surface area contributed by atoms with Crippen molar-refractivity contribution < 1.29 is 9.50 Å². The monoisotopic (exact) mass is 286 g/mol. The van der Waals surface area contributed by atoms with Gasteiger partial charge in [-0.2, -0.15) is 0 Å². The van der Waals surface area contributed by atoms with E-state index in [9.17, 15) is 9.50 Å². The zero-order valence-corrected chi connectivity index (χ0v) is 11.1. The normalized spacial score (nSPS) is 24.2. The van der Waals surface area contributed by atoms with Crippen molar-refractivity contribution in [3.8, 4) is 0 Å². The van der Waals surface area contributed by atoms with E-state index in [1.807, 2.05) is 6.07 Å². The highest BCUT2D eigenvalue weighted by atomic mass is 79.9. The average molecular weight is 287 g/mol. The summed E-state index contributed by atoms with van der Waals surface area (Å²) in [5.41, 5.74) is 0.823. The largest absolute Gasteiger partial charge is 0.392 e. The van der Waals surface area contributed by atoms with Crippen molar-refractivity contribution in [1.29, 1.82) is 0 Å². The Bertz CT molecular complexity index is 403. The van der Waals surface area contributed by atoms with Crippen LogP contribution in [0.15, 0.2) is 22.7 Å². The van der Waals surface area contributed by atoms with Gasteiger partial charge in [-0.1, -0.05) is 35.8 Å². The van der Waals surface area contributed by atoms with Crippen molar-refractivity contribution in [3.05, 3.63) is 34.1 Å². The van der Waals surface area contributed by atoms with Crippen molar-refractivity contribution in [2.24, 2.45) is 11.3 Å². The number of aliphatic hydroxyl groups is 1. The predicted octanol–water partition coefficient (Wildman–Crippen LogP) is 3.54. The van der Waals surface area contributed by atoms with Gasteiger partial charge in [-0.25, -0.2) is 4.39 Å². The lowest BCUT2D eigenvalue weighted by Gasteiger charge is -2.13. The lowest BCUT2D eigenvalue weighted by atomic mass is 9.99.